The summed E-state index contributed by atoms with van der Waals surface area (Å²) in [4.78, 5) is 0. The van der Waals surface area contributed by atoms with E-state index in [4.69, 9.17) is 4.74 Å². The zero-order valence-corrected chi connectivity index (χ0v) is 11.7. The van der Waals surface area contributed by atoms with Gasteiger partial charge in [0.05, 0.1) is 5.60 Å². The van der Waals surface area contributed by atoms with Crippen molar-refractivity contribution >= 4 is 5.57 Å². The summed E-state index contributed by atoms with van der Waals surface area (Å²) in [5, 5.41) is 0. The molecule has 1 heteroatoms. The number of hydrogen-bond acceptors (Lipinski definition) is 1. The van der Waals surface area contributed by atoms with Crippen LogP contribution in [0.5, 0.6) is 0 Å². The van der Waals surface area contributed by atoms with Crippen molar-refractivity contribution in [1.82, 2.24) is 0 Å². The Hall–Kier alpha value is -1.34. The molecule has 0 aromatic heterocycles. The summed E-state index contributed by atoms with van der Waals surface area (Å²) < 4.78 is 5.80. The molecule has 0 spiro atoms. The number of methoxy groups -OCH3 is 1. The fourth-order valence-electron chi connectivity index (χ4n) is 2.48. The molecule has 1 nitrogen and oxygen atoms in total. The fraction of sp³-hybridized carbons (Fsp3) is 0.412. The van der Waals surface area contributed by atoms with Gasteiger partial charge in [0.25, 0.3) is 0 Å². The predicted molar refractivity (Wildman–Crippen MR) is 77.4 cm³/mol. The molecule has 0 aliphatic heterocycles. The van der Waals surface area contributed by atoms with Crippen molar-refractivity contribution in [3.8, 4) is 0 Å². The topological polar surface area (TPSA) is 9.23 Å². The van der Waals surface area contributed by atoms with Crippen molar-refractivity contribution in [1.29, 1.82) is 0 Å². The van der Waals surface area contributed by atoms with Crippen molar-refractivity contribution in [2.24, 2.45) is 5.41 Å². The van der Waals surface area contributed by atoms with Crippen LogP contribution in [0.1, 0.15) is 32.8 Å². The molecule has 0 bridgehead atoms. The number of allylic oxidation sites excluding steroid dienone is 2. The van der Waals surface area contributed by atoms with E-state index in [9.17, 15) is 0 Å². The molecule has 0 N–H and O–H groups in total. The Bertz CT molecular complexity index is 462. The molecular weight excluding hydrogens is 220 g/mol. The van der Waals surface area contributed by atoms with Gasteiger partial charge in [-0.1, -0.05) is 69.3 Å². The quantitative estimate of drug-likeness (QED) is 0.744. The third-order valence-corrected chi connectivity index (χ3v) is 3.90. The summed E-state index contributed by atoms with van der Waals surface area (Å²) in [7, 11) is 1.80. The van der Waals surface area contributed by atoms with E-state index in [-0.39, 0.29) is 11.0 Å². The summed E-state index contributed by atoms with van der Waals surface area (Å²) >= 11 is 0. The Kier molecular flexibility index (Phi) is 3.45. The van der Waals surface area contributed by atoms with Gasteiger partial charge >= 0.3 is 0 Å². The third-order valence-electron chi connectivity index (χ3n) is 3.90. The second kappa shape index (κ2) is 4.74. The number of ether oxygens (including phenoxy) is 1. The summed E-state index contributed by atoms with van der Waals surface area (Å²) in [5.41, 5.74) is 2.46. The largest absolute Gasteiger partial charge is 0.373 e. The summed E-state index contributed by atoms with van der Waals surface area (Å²) in [6, 6.07) is 10.5. The van der Waals surface area contributed by atoms with E-state index in [0.717, 1.165) is 6.42 Å². The van der Waals surface area contributed by atoms with Crippen molar-refractivity contribution < 1.29 is 4.74 Å². The lowest BCUT2D eigenvalue weighted by molar-refractivity contribution is -0.0506. The molecule has 1 aromatic rings. The molecule has 0 radical (unpaired) electrons. The van der Waals surface area contributed by atoms with Crippen LogP contribution in [-0.2, 0) is 4.74 Å². The lowest BCUT2D eigenvalue weighted by Crippen LogP contribution is -2.43. The molecule has 1 aliphatic rings. The lowest BCUT2D eigenvalue weighted by atomic mass is 9.71. The molecular formula is C17H22O. The Balaban J connectivity index is 2.26. The molecule has 1 atom stereocenters. The highest BCUT2D eigenvalue weighted by atomic mass is 16.5. The van der Waals surface area contributed by atoms with E-state index in [2.05, 4.69) is 63.3 Å². The van der Waals surface area contributed by atoms with Gasteiger partial charge in [0.15, 0.2) is 0 Å². The normalized spacial score (nSPS) is 23.9. The van der Waals surface area contributed by atoms with Crippen LogP contribution in [0.15, 0.2) is 48.6 Å². The zero-order chi connectivity index (χ0) is 13.2. The zero-order valence-electron chi connectivity index (χ0n) is 11.7. The fourth-order valence-corrected chi connectivity index (χ4v) is 2.48. The summed E-state index contributed by atoms with van der Waals surface area (Å²) in [6.45, 7) is 6.67. The van der Waals surface area contributed by atoms with Gasteiger partial charge in [0.1, 0.15) is 0 Å². The van der Waals surface area contributed by atoms with Gasteiger partial charge in [-0.25, -0.2) is 0 Å². The minimum absolute atomic E-state index is 0.0942. The molecule has 0 amide bonds. The average Bonchev–Trinajstić information content (AvgIpc) is 2.38. The molecule has 1 aliphatic carbocycles. The van der Waals surface area contributed by atoms with Crippen molar-refractivity contribution in [3.05, 3.63) is 54.1 Å². The average molecular weight is 242 g/mol. The first kappa shape index (κ1) is 13.1. The van der Waals surface area contributed by atoms with Crippen LogP contribution in [0.4, 0.5) is 0 Å². The monoisotopic (exact) mass is 242 g/mol. The van der Waals surface area contributed by atoms with Crippen LogP contribution in [-0.4, -0.2) is 12.7 Å². The number of benzene rings is 1. The van der Waals surface area contributed by atoms with Gasteiger partial charge in [-0.2, -0.15) is 0 Å². The highest BCUT2D eigenvalue weighted by Crippen LogP contribution is 2.41. The van der Waals surface area contributed by atoms with Crippen molar-refractivity contribution in [3.63, 3.8) is 0 Å². The van der Waals surface area contributed by atoms with Gasteiger partial charge in [-0.05, 0) is 23.0 Å². The van der Waals surface area contributed by atoms with E-state index in [0.29, 0.717) is 0 Å². The Morgan fingerprint density at radius 3 is 2.22 bits per heavy atom. The SMILES string of the molecule is COC1(C(C)(C)C)C=CC(c2ccccc2)=CC1. The van der Waals surface area contributed by atoms with E-state index in [1.54, 1.807) is 7.11 Å². The first-order chi connectivity index (χ1) is 8.48. The molecule has 96 valence electrons. The second-order valence-electron chi connectivity index (χ2n) is 5.91. The van der Waals surface area contributed by atoms with Crippen LogP contribution in [0.2, 0.25) is 0 Å². The Morgan fingerprint density at radius 2 is 1.78 bits per heavy atom. The summed E-state index contributed by atoms with van der Waals surface area (Å²) in [5.74, 6) is 0. The minimum Gasteiger partial charge on any atom is -0.373 e. The van der Waals surface area contributed by atoms with E-state index in [1.165, 1.54) is 11.1 Å². The van der Waals surface area contributed by atoms with Gasteiger partial charge in [-0.15, -0.1) is 0 Å². The molecule has 0 fully saturated rings. The van der Waals surface area contributed by atoms with E-state index >= 15 is 0 Å². The standard InChI is InChI=1S/C17H22O/c1-16(2,3)17(18-4)12-10-15(11-13-17)14-8-6-5-7-9-14/h5-12H,13H2,1-4H3. The van der Waals surface area contributed by atoms with Crippen LogP contribution in [0.25, 0.3) is 5.57 Å². The molecule has 1 unspecified atom stereocenters. The van der Waals surface area contributed by atoms with E-state index < -0.39 is 0 Å². The maximum atomic E-state index is 5.80. The molecule has 0 heterocycles. The Morgan fingerprint density at radius 1 is 1.11 bits per heavy atom. The first-order valence-electron chi connectivity index (χ1n) is 6.48. The molecule has 18 heavy (non-hydrogen) atoms. The third kappa shape index (κ3) is 2.28. The predicted octanol–water partition coefficient (Wildman–Crippen LogP) is 4.46. The highest BCUT2D eigenvalue weighted by Gasteiger charge is 2.40. The van der Waals surface area contributed by atoms with Gasteiger partial charge < -0.3 is 4.74 Å². The number of rotatable bonds is 2. The van der Waals surface area contributed by atoms with Crippen LogP contribution in [0.3, 0.4) is 0 Å². The van der Waals surface area contributed by atoms with Crippen LogP contribution < -0.4 is 0 Å². The number of hydrogen-bond donors (Lipinski definition) is 0. The maximum Gasteiger partial charge on any atom is 0.0944 e. The van der Waals surface area contributed by atoms with Gasteiger partial charge in [0, 0.05) is 7.11 Å². The molecule has 0 saturated carbocycles. The molecule has 2 rings (SSSR count). The maximum absolute atomic E-state index is 5.80. The first-order valence-corrected chi connectivity index (χ1v) is 6.48. The van der Waals surface area contributed by atoms with Crippen LogP contribution >= 0.6 is 0 Å². The smallest absolute Gasteiger partial charge is 0.0944 e. The lowest BCUT2D eigenvalue weighted by Gasteiger charge is -2.42. The molecule has 0 saturated heterocycles. The van der Waals surface area contributed by atoms with Crippen molar-refractivity contribution in [2.45, 2.75) is 32.8 Å². The van der Waals surface area contributed by atoms with Gasteiger partial charge in [0.2, 0.25) is 0 Å². The minimum atomic E-state index is -0.189. The highest BCUT2D eigenvalue weighted by molar-refractivity contribution is 5.75. The molecule has 1 aromatic carbocycles. The second-order valence-corrected chi connectivity index (χ2v) is 5.91. The van der Waals surface area contributed by atoms with E-state index in [1.807, 2.05) is 6.07 Å². The van der Waals surface area contributed by atoms with Crippen molar-refractivity contribution in [2.75, 3.05) is 7.11 Å². The van der Waals surface area contributed by atoms with Gasteiger partial charge in [-0.3, -0.25) is 0 Å². The summed E-state index contributed by atoms with van der Waals surface area (Å²) in [6.07, 6.45) is 7.61. The Labute approximate surface area is 110 Å². The van der Waals surface area contributed by atoms with Crippen LogP contribution in [0, 0.1) is 5.41 Å².